The molecule has 1 amide bonds. The summed E-state index contributed by atoms with van der Waals surface area (Å²) in [5, 5.41) is 11.3. The number of hydrogen-bond donors (Lipinski definition) is 0. The third kappa shape index (κ3) is 3.51. The van der Waals surface area contributed by atoms with Gasteiger partial charge in [0.1, 0.15) is 0 Å². The summed E-state index contributed by atoms with van der Waals surface area (Å²) < 4.78 is 0.932. The molecule has 2 aliphatic rings. The molecule has 1 atom stereocenters. The number of allylic oxidation sites excluding steroid dienone is 2. The number of halogens is 1. The van der Waals surface area contributed by atoms with Gasteiger partial charge >= 0.3 is 0 Å². The molecule has 7 heteroatoms. The maximum absolute atomic E-state index is 13.2. The molecule has 2 aromatic rings. The fraction of sp³-hybridized carbons (Fsp3) is 0.273. The van der Waals surface area contributed by atoms with E-state index in [1.807, 2.05) is 31.2 Å². The monoisotopic (exact) mass is 454 g/mol. The molecule has 29 heavy (non-hydrogen) atoms. The Balaban J connectivity index is 1.88. The molecule has 1 heterocycles. The van der Waals surface area contributed by atoms with Crippen LogP contribution in [-0.2, 0) is 9.59 Å². The number of hydrogen-bond acceptors (Lipinski definition) is 4. The fourth-order valence-electron chi connectivity index (χ4n) is 4.20. The van der Waals surface area contributed by atoms with E-state index in [1.165, 1.54) is 12.1 Å². The Morgan fingerprint density at radius 3 is 2.52 bits per heavy atom. The standard InChI is InChI=1S/C22H19BrN2O4/c1-13-5-10-16(25(28)29)11-19(13)24-18-3-2-4-20(26)22(18)17(12-21(24)27)14-6-8-15(23)9-7-14/h5-11,17H,2-4,12H2,1H3. The van der Waals surface area contributed by atoms with Gasteiger partial charge in [0.2, 0.25) is 5.91 Å². The van der Waals surface area contributed by atoms with Gasteiger partial charge in [-0.3, -0.25) is 24.6 Å². The fourth-order valence-corrected chi connectivity index (χ4v) is 4.47. The minimum Gasteiger partial charge on any atom is -0.294 e. The van der Waals surface area contributed by atoms with Crippen LogP contribution in [0.4, 0.5) is 11.4 Å². The first-order valence-electron chi connectivity index (χ1n) is 9.46. The van der Waals surface area contributed by atoms with Gasteiger partial charge in [-0.1, -0.05) is 34.1 Å². The van der Waals surface area contributed by atoms with Gasteiger partial charge in [-0.05, 0) is 43.0 Å². The first kappa shape index (κ1) is 19.5. The van der Waals surface area contributed by atoms with Crippen LogP contribution in [0.5, 0.6) is 0 Å². The maximum atomic E-state index is 13.2. The third-order valence-electron chi connectivity index (χ3n) is 5.59. The lowest BCUT2D eigenvalue weighted by Gasteiger charge is -2.38. The van der Waals surface area contributed by atoms with E-state index in [2.05, 4.69) is 15.9 Å². The first-order chi connectivity index (χ1) is 13.9. The summed E-state index contributed by atoms with van der Waals surface area (Å²) in [6.07, 6.45) is 1.89. The number of benzene rings is 2. The predicted octanol–water partition coefficient (Wildman–Crippen LogP) is 5.19. The SMILES string of the molecule is Cc1ccc([N+](=O)[O-])cc1N1C(=O)CC(c2ccc(Br)cc2)C2=C1CCCC2=O. The maximum Gasteiger partial charge on any atom is 0.271 e. The number of nitro benzene ring substituents is 1. The lowest BCUT2D eigenvalue weighted by Crippen LogP contribution is -2.40. The molecule has 148 valence electrons. The average Bonchev–Trinajstić information content (AvgIpc) is 2.69. The van der Waals surface area contributed by atoms with Gasteiger partial charge in [0.25, 0.3) is 5.69 Å². The number of nitrogens with zero attached hydrogens (tertiary/aromatic N) is 2. The van der Waals surface area contributed by atoms with Crippen molar-refractivity contribution >= 4 is 39.0 Å². The Labute approximate surface area is 176 Å². The van der Waals surface area contributed by atoms with E-state index < -0.39 is 4.92 Å². The van der Waals surface area contributed by atoms with Crippen molar-refractivity contribution in [2.24, 2.45) is 0 Å². The Hall–Kier alpha value is -2.80. The molecule has 0 aromatic heterocycles. The lowest BCUT2D eigenvalue weighted by molar-refractivity contribution is -0.384. The molecule has 0 N–H and O–H groups in total. The summed E-state index contributed by atoms with van der Waals surface area (Å²) in [6, 6.07) is 12.2. The summed E-state index contributed by atoms with van der Waals surface area (Å²) in [5.41, 5.74) is 3.46. The van der Waals surface area contributed by atoms with Crippen molar-refractivity contribution < 1.29 is 14.5 Å². The van der Waals surface area contributed by atoms with Crippen molar-refractivity contribution in [2.75, 3.05) is 4.90 Å². The summed E-state index contributed by atoms with van der Waals surface area (Å²) in [4.78, 5) is 38.5. The lowest BCUT2D eigenvalue weighted by atomic mass is 9.77. The highest BCUT2D eigenvalue weighted by molar-refractivity contribution is 9.10. The van der Waals surface area contributed by atoms with Gasteiger partial charge in [-0.25, -0.2) is 0 Å². The quantitative estimate of drug-likeness (QED) is 0.471. The minimum atomic E-state index is -0.469. The molecule has 0 saturated heterocycles. The Bertz CT molecular complexity index is 1060. The normalized spacial score (nSPS) is 19.4. The molecule has 2 aromatic carbocycles. The number of non-ortho nitro benzene ring substituents is 1. The van der Waals surface area contributed by atoms with Crippen LogP contribution >= 0.6 is 15.9 Å². The number of amides is 1. The van der Waals surface area contributed by atoms with Crippen LogP contribution in [-0.4, -0.2) is 16.6 Å². The Morgan fingerprint density at radius 1 is 1.10 bits per heavy atom. The number of anilines is 1. The van der Waals surface area contributed by atoms with Crippen LogP contribution in [0.1, 0.15) is 42.7 Å². The molecule has 0 fully saturated rings. The van der Waals surface area contributed by atoms with Gasteiger partial charge in [0.15, 0.2) is 5.78 Å². The third-order valence-corrected chi connectivity index (χ3v) is 6.12. The van der Waals surface area contributed by atoms with E-state index in [-0.39, 0.29) is 29.7 Å². The van der Waals surface area contributed by atoms with Crippen LogP contribution in [0.2, 0.25) is 0 Å². The Kier molecular flexibility index (Phi) is 5.08. The van der Waals surface area contributed by atoms with Crippen molar-refractivity contribution in [1.82, 2.24) is 0 Å². The van der Waals surface area contributed by atoms with Crippen molar-refractivity contribution in [3.63, 3.8) is 0 Å². The number of carbonyl (C=O) groups excluding carboxylic acids is 2. The predicted molar refractivity (Wildman–Crippen MR) is 113 cm³/mol. The van der Waals surface area contributed by atoms with Crippen LogP contribution < -0.4 is 4.90 Å². The molecular weight excluding hydrogens is 436 g/mol. The molecule has 1 aliphatic carbocycles. The van der Waals surface area contributed by atoms with E-state index in [1.54, 1.807) is 11.0 Å². The van der Waals surface area contributed by atoms with Gasteiger partial charge in [-0.15, -0.1) is 0 Å². The highest BCUT2D eigenvalue weighted by Gasteiger charge is 2.40. The molecule has 0 spiro atoms. The topological polar surface area (TPSA) is 80.5 Å². The number of aryl methyl sites for hydroxylation is 1. The largest absolute Gasteiger partial charge is 0.294 e. The van der Waals surface area contributed by atoms with Gasteiger partial charge < -0.3 is 0 Å². The van der Waals surface area contributed by atoms with Crippen LogP contribution in [0.25, 0.3) is 0 Å². The van der Waals surface area contributed by atoms with Crippen LogP contribution in [0.15, 0.2) is 58.2 Å². The van der Waals surface area contributed by atoms with Crippen molar-refractivity contribution in [1.29, 1.82) is 0 Å². The van der Waals surface area contributed by atoms with E-state index in [4.69, 9.17) is 0 Å². The van der Waals surface area contributed by atoms with Crippen molar-refractivity contribution in [2.45, 2.75) is 38.5 Å². The number of carbonyl (C=O) groups is 2. The van der Waals surface area contributed by atoms with E-state index in [0.29, 0.717) is 36.2 Å². The molecule has 0 radical (unpaired) electrons. The van der Waals surface area contributed by atoms with Gasteiger partial charge in [0, 0.05) is 46.6 Å². The molecule has 6 nitrogen and oxygen atoms in total. The summed E-state index contributed by atoms with van der Waals surface area (Å²) >= 11 is 3.42. The minimum absolute atomic E-state index is 0.0553. The zero-order chi connectivity index (χ0) is 20.7. The number of ketones is 1. The van der Waals surface area contributed by atoms with Gasteiger partial charge in [-0.2, -0.15) is 0 Å². The second kappa shape index (κ2) is 7.55. The van der Waals surface area contributed by atoms with Crippen LogP contribution in [0, 0.1) is 17.0 Å². The van der Waals surface area contributed by atoms with Crippen molar-refractivity contribution in [3.8, 4) is 0 Å². The van der Waals surface area contributed by atoms with E-state index in [0.717, 1.165) is 15.6 Å². The molecule has 1 aliphatic heterocycles. The highest BCUT2D eigenvalue weighted by Crippen LogP contribution is 2.44. The van der Waals surface area contributed by atoms with Crippen molar-refractivity contribution in [3.05, 3.63) is 79.4 Å². The zero-order valence-corrected chi connectivity index (χ0v) is 17.4. The summed E-state index contributed by atoms with van der Waals surface area (Å²) in [5.74, 6) is -0.372. The summed E-state index contributed by atoms with van der Waals surface area (Å²) in [7, 11) is 0. The number of nitro groups is 1. The number of rotatable bonds is 3. The second-order valence-electron chi connectivity index (χ2n) is 7.40. The van der Waals surface area contributed by atoms with E-state index in [9.17, 15) is 19.7 Å². The molecule has 0 saturated carbocycles. The molecule has 1 unspecified atom stereocenters. The highest BCUT2D eigenvalue weighted by atomic mass is 79.9. The smallest absolute Gasteiger partial charge is 0.271 e. The summed E-state index contributed by atoms with van der Waals surface area (Å²) in [6.45, 7) is 1.82. The Morgan fingerprint density at radius 2 is 1.83 bits per heavy atom. The molecule has 4 rings (SSSR count). The van der Waals surface area contributed by atoms with E-state index >= 15 is 0 Å². The average molecular weight is 455 g/mol. The number of Topliss-reactive ketones (excluding diaryl/α,β-unsaturated/α-hetero) is 1. The second-order valence-corrected chi connectivity index (χ2v) is 8.32. The van der Waals surface area contributed by atoms with Gasteiger partial charge in [0.05, 0.1) is 10.6 Å². The molecule has 0 bridgehead atoms. The zero-order valence-electron chi connectivity index (χ0n) is 15.9. The molecular formula is C22H19BrN2O4. The first-order valence-corrected chi connectivity index (χ1v) is 10.3. The van der Waals surface area contributed by atoms with Crippen LogP contribution in [0.3, 0.4) is 0 Å².